The molecule has 0 aliphatic rings. The third-order valence-corrected chi connectivity index (χ3v) is 4.55. The number of unbranched alkanes of at least 4 members (excludes halogenated alkanes) is 11. The van der Waals surface area contributed by atoms with Crippen molar-refractivity contribution in [2.24, 2.45) is 0 Å². The average Bonchev–Trinajstić information content (AvgIpc) is 2.51. The second-order valence-corrected chi connectivity index (χ2v) is 7.80. The molecule has 1 N–H and O–H groups in total. The number of nitrogens with zero attached hydrogens (tertiary/aromatic N) is 1. The van der Waals surface area contributed by atoms with Crippen LogP contribution < -0.4 is 5.32 Å². The van der Waals surface area contributed by atoms with E-state index in [9.17, 15) is 4.79 Å². The minimum absolute atomic E-state index is 0.157. The molecule has 0 atom stereocenters. The highest BCUT2D eigenvalue weighted by Gasteiger charge is 2.17. The van der Waals surface area contributed by atoms with Gasteiger partial charge >= 0.3 is 0 Å². The van der Waals surface area contributed by atoms with Gasteiger partial charge in [-0.1, -0.05) is 84.1 Å². The van der Waals surface area contributed by atoms with Crippen LogP contribution in [0.4, 0.5) is 0 Å². The summed E-state index contributed by atoms with van der Waals surface area (Å²) in [7, 11) is 4.12. The maximum atomic E-state index is 11.9. The molecule has 0 fully saturated rings. The number of amides is 1. The molecule has 0 aromatic rings. The molecule has 3 heteroatoms. The van der Waals surface area contributed by atoms with E-state index in [0.29, 0.717) is 11.0 Å². The van der Waals surface area contributed by atoms with E-state index in [1.54, 1.807) is 0 Å². The van der Waals surface area contributed by atoms with Gasteiger partial charge in [0.15, 0.2) is 6.54 Å². The number of carbonyl (C=O) groups is 1. The van der Waals surface area contributed by atoms with Gasteiger partial charge in [0.05, 0.1) is 20.6 Å². The molecule has 0 heterocycles. The fourth-order valence-electron chi connectivity index (χ4n) is 3.05. The van der Waals surface area contributed by atoms with Gasteiger partial charge in [0, 0.05) is 6.54 Å². The van der Waals surface area contributed by atoms with Crippen molar-refractivity contribution in [3.63, 3.8) is 0 Å². The van der Waals surface area contributed by atoms with Crippen molar-refractivity contribution in [2.75, 3.05) is 33.7 Å². The molecule has 24 heavy (non-hydrogen) atoms. The Morgan fingerprint density at radius 3 is 1.79 bits per heavy atom. The predicted molar refractivity (Wildman–Crippen MR) is 106 cm³/mol. The van der Waals surface area contributed by atoms with Crippen LogP contribution in [0.5, 0.6) is 0 Å². The normalized spacial score (nSPS) is 11.5. The predicted octanol–water partition coefficient (Wildman–Crippen LogP) is 5.07. The minimum Gasteiger partial charge on any atom is -0.351 e. The zero-order chi connectivity index (χ0) is 18.1. The van der Waals surface area contributed by atoms with Crippen LogP contribution in [0.25, 0.3) is 0 Å². The van der Waals surface area contributed by atoms with Gasteiger partial charge < -0.3 is 9.80 Å². The van der Waals surface area contributed by atoms with E-state index in [4.69, 9.17) is 0 Å². The Hall–Kier alpha value is -0.830. The van der Waals surface area contributed by atoms with Crippen LogP contribution in [0.1, 0.15) is 84.0 Å². The Kier molecular flexibility index (Phi) is 15.1. The van der Waals surface area contributed by atoms with Gasteiger partial charge in [-0.3, -0.25) is 4.79 Å². The molecule has 142 valence electrons. The molecule has 3 nitrogen and oxygen atoms in total. The Morgan fingerprint density at radius 1 is 0.875 bits per heavy atom. The summed E-state index contributed by atoms with van der Waals surface area (Å²) in [5, 5.41) is 3.04. The maximum Gasteiger partial charge on any atom is 0.275 e. The molecular formula is C21H43N2O+. The fraction of sp³-hybridized carbons (Fsp3) is 0.857. The van der Waals surface area contributed by atoms with Crippen LogP contribution in [0.3, 0.4) is 0 Å². The molecule has 0 radical (unpaired) electrons. The third kappa shape index (κ3) is 16.0. The highest BCUT2D eigenvalue weighted by atomic mass is 16.2. The number of quaternary nitrogens is 1. The lowest BCUT2D eigenvalue weighted by Gasteiger charge is -2.27. The number of hydrogen-bond donors (Lipinski definition) is 1. The van der Waals surface area contributed by atoms with Gasteiger partial charge in [0.1, 0.15) is 0 Å². The van der Waals surface area contributed by atoms with Crippen molar-refractivity contribution in [2.45, 2.75) is 84.0 Å². The van der Waals surface area contributed by atoms with Crippen molar-refractivity contribution in [3.8, 4) is 0 Å². The largest absolute Gasteiger partial charge is 0.351 e. The van der Waals surface area contributed by atoms with E-state index < -0.39 is 0 Å². The molecule has 0 aromatic heterocycles. The van der Waals surface area contributed by atoms with Crippen LogP contribution in [0.15, 0.2) is 12.7 Å². The summed E-state index contributed by atoms with van der Waals surface area (Å²) in [5.41, 5.74) is 0. The van der Waals surface area contributed by atoms with Crippen LogP contribution in [0, 0.1) is 0 Å². The Bertz CT molecular complexity index is 313. The monoisotopic (exact) mass is 339 g/mol. The lowest BCUT2D eigenvalue weighted by Crippen LogP contribution is -2.47. The molecule has 0 spiro atoms. The molecule has 0 saturated heterocycles. The number of hydrogen-bond acceptors (Lipinski definition) is 1. The third-order valence-electron chi connectivity index (χ3n) is 4.55. The molecule has 0 unspecified atom stereocenters. The summed E-state index contributed by atoms with van der Waals surface area (Å²) in [6.45, 7) is 8.20. The second kappa shape index (κ2) is 15.7. The Labute approximate surface area is 151 Å². The Balaban J connectivity index is 3.30. The highest BCUT2D eigenvalue weighted by Crippen LogP contribution is 2.11. The van der Waals surface area contributed by atoms with Crippen molar-refractivity contribution in [1.29, 1.82) is 0 Å². The van der Waals surface area contributed by atoms with Gasteiger partial charge in [-0.25, -0.2) is 0 Å². The molecule has 0 aliphatic carbocycles. The van der Waals surface area contributed by atoms with Crippen molar-refractivity contribution >= 4 is 5.91 Å². The van der Waals surface area contributed by atoms with E-state index in [0.717, 1.165) is 19.5 Å². The summed E-state index contributed by atoms with van der Waals surface area (Å²) in [6, 6.07) is 0. The first-order valence-electron chi connectivity index (χ1n) is 10.2. The van der Waals surface area contributed by atoms with Crippen LogP contribution in [0.2, 0.25) is 0 Å². The molecule has 0 aliphatic heterocycles. The number of nitrogens with one attached hydrogen (secondary N) is 1. The highest BCUT2D eigenvalue weighted by molar-refractivity contribution is 5.77. The van der Waals surface area contributed by atoms with E-state index in [1.807, 2.05) is 6.08 Å². The molecule has 0 saturated carbocycles. The van der Waals surface area contributed by atoms with E-state index in [1.165, 1.54) is 70.6 Å². The average molecular weight is 340 g/mol. The number of carbonyl (C=O) groups excluding carboxylic acids is 1. The van der Waals surface area contributed by atoms with E-state index in [-0.39, 0.29) is 5.91 Å². The lowest BCUT2D eigenvalue weighted by atomic mass is 10.1. The fourth-order valence-corrected chi connectivity index (χ4v) is 3.05. The number of rotatable bonds is 17. The maximum absolute atomic E-state index is 11.9. The number of likely N-dealkylation sites (N-methyl/N-ethyl adjacent to an activating group) is 1. The summed E-state index contributed by atoms with van der Waals surface area (Å²) in [5.74, 6) is 0.157. The van der Waals surface area contributed by atoms with Crippen molar-refractivity contribution < 1.29 is 9.28 Å². The van der Waals surface area contributed by atoms with Gasteiger partial charge in [0.2, 0.25) is 0 Å². The zero-order valence-corrected chi connectivity index (χ0v) is 16.7. The first-order chi connectivity index (χ1) is 11.5. The first kappa shape index (κ1) is 23.2. The smallest absolute Gasteiger partial charge is 0.275 e. The molecule has 1 amide bonds. The summed E-state index contributed by atoms with van der Waals surface area (Å²) in [4.78, 5) is 11.9. The quantitative estimate of drug-likeness (QED) is 0.224. The molecule has 0 aromatic carbocycles. The van der Waals surface area contributed by atoms with Crippen LogP contribution >= 0.6 is 0 Å². The minimum atomic E-state index is 0.157. The Morgan fingerprint density at radius 2 is 1.33 bits per heavy atom. The molecular weight excluding hydrogens is 296 g/mol. The van der Waals surface area contributed by atoms with Crippen LogP contribution in [-0.2, 0) is 4.79 Å². The molecule has 0 rings (SSSR count). The lowest BCUT2D eigenvalue weighted by molar-refractivity contribution is -0.876. The van der Waals surface area contributed by atoms with Gasteiger partial charge in [-0.2, -0.15) is 0 Å². The van der Waals surface area contributed by atoms with Gasteiger partial charge in [-0.15, -0.1) is 0 Å². The second-order valence-electron chi connectivity index (χ2n) is 7.80. The first-order valence-corrected chi connectivity index (χ1v) is 10.2. The van der Waals surface area contributed by atoms with E-state index >= 15 is 0 Å². The van der Waals surface area contributed by atoms with Crippen molar-refractivity contribution in [1.82, 2.24) is 5.32 Å². The standard InChI is InChI=1S/C21H42N2O/c1-5-7-8-9-10-11-12-13-14-15-16-17-18-22-21(24)20-23(3,4)19-6-2/h6H,2,5,7-20H2,1,3-4H3/p+1. The topological polar surface area (TPSA) is 29.1 Å². The van der Waals surface area contributed by atoms with Gasteiger partial charge in [-0.05, 0) is 12.5 Å². The molecule has 0 bridgehead atoms. The summed E-state index contributed by atoms with van der Waals surface area (Å²) in [6.07, 6.45) is 18.1. The van der Waals surface area contributed by atoms with Crippen molar-refractivity contribution in [3.05, 3.63) is 12.7 Å². The van der Waals surface area contributed by atoms with Crippen LogP contribution in [-0.4, -0.2) is 44.1 Å². The summed E-state index contributed by atoms with van der Waals surface area (Å²) < 4.78 is 0.674. The summed E-state index contributed by atoms with van der Waals surface area (Å²) >= 11 is 0. The van der Waals surface area contributed by atoms with E-state index in [2.05, 4.69) is 32.9 Å². The SMILES string of the molecule is C=CC[N+](C)(C)CC(=O)NCCCCCCCCCCCCCC. The zero-order valence-electron chi connectivity index (χ0n) is 16.7. The van der Waals surface area contributed by atoms with Gasteiger partial charge in [0.25, 0.3) is 5.91 Å².